The molecule has 2 aliphatic heterocycles. The van der Waals surface area contributed by atoms with Crippen molar-refractivity contribution in [2.24, 2.45) is 5.92 Å². The van der Waals surface area contributed by atoms with Gasteiger partial charge in [0.25, 0.3) is 0 Å². The van der Waals surface area contributed by atoms with Crippen LogP contribution in [0.4, 0.5) is 10.1 Å². The van der Waals surface area contributed by atoms with Gasteiger partial charge >= 0.3 is 0 Å². The molecule has 1 aromatic rings. The molecule has 1 N–H and O–H groups in total. The highest BCUT2D eigenvalue weighted by molar-refractivity contribution is 5.85. The summed E-state index contributed by atoms with van der Waals surface area (Å²) in [5.41, 5.74) is 0.906. The molecule has 3 nitrogen and oxygen atoms in total. The van der Waals surface area contributed by atoms with E-state index in [2.05, 4.69) is 10.2 Å². The summed E-state index contributed by atoms with van der Waals surface area (Å²) in [4.78, 5) is 2.28. The predicted octanol–water partition coefficient (Wildman–Crippen LogP) is 2.83. The molecule has 112 valence electrons. The fourth-order valence-electron chi connectivity index (χ4n) is 3.07. The van der Waals surface area contributed by atoms with Gasteiger partial charge in [0.15, 0.2) is 11.6 Å². The number of para-hydroxylation sites is 1. The summed E-state index contributed by atoms with van der Waals surface area (Å²) in [5.74, 6) is 0.816. The molecular formula is C15H22ClFN2O. The van der Waals surface area contributed by atoms with Crippen molar-refractivity contribution in [2.75, 3.05) is 31.1 Å². The first-order valence-electron chi connectivity index (χ1n) is 7.15. The van der Waals surface area contributed by atoms with E-state index in [0.717, 1.165) is 31.9 Å². The van der Waals surface area contributed by atoms with E-state index in [1.807, 2.05) is 13.0 Å². The molecule has 2 atom stereocenters. The maximum Gasteiger partial charge on any atom is 0.178 e. The van der Waals surface area contributed by atoms with Crippen molar-refractivity contribution in [2.45, 2.75) is 25.9 Å². The SMILES string of the molecule is CC1CN(CC2CCCNC2)c2cccc(F)c2O1.Cl. The molecule has 0 spiro atoms. The summed E-state index contributed by atoms with van der Waals surface area (Å²) in [6.45, 7) is 6.02. The first kappa shape index (κ1) is 15.4. The lowest BCUT2D eigenvalue weighted by Gasteiger charge is -2.38. The predicted molar refractivity (Wildman–Crippen MR) is 81.5 cm³/mol. The van der Waals surface area contributed by atoms with Gasteiger partial charge in [-0.15, -0.1) is 12.4 Å². The second-order valence-corrected chi connectivity index (χ2v) is 5.63. The molecule has 2 heterocycles. The number of anilines is 1. The maximum absolute atomic E-state index is 13.8. The molecule has 1 fully saturated rings. The average molecular weight is 301 g/mol. The van der Waals surface area contributed by atoms with E-state index >= 15 is 0 Å². The molecule has 0 aromatic heterocycles. The molecule has 0 aliphatic carbocycles. The van der Waals surface area contributed by atoms with Crippen molar-refractivity contribution < 1.29 is 9.13 Å². The van der Waals surface area contributed by atoms with Gasteiger partial charge in [-0.1, -0.05) is 6.07 Å². The Balaban J connectivity index is 0.00000147. The number of piperidine rings is 1. The highest BCUT2D eigenvalue weighted by Gasteiger charge is 2.27. The lowest BCUT2D eigenvalue weighted by atomic mass is 9.98. The van der Waals surface area contributed by atoms with E-state index in [1.165, 1.54) is 18.9 Å². The molecule has 0 saturated carbocycles. The van der Waals surface area contributed by atoms with Crippen LogP contribution < -0.4 is 15.0 Å². The van der Waals surface area contributed by atoms with Crippen LogP contribution in [0, 0.1) is 11.7 Å². The number of ether oxygens (including phenoxy) is 1. The van der Waals surface area contributed by atoms with Crippen LogP contribution in [-0.4, -0.2) is 32.3 Å². The minimum absolute atomic E-state index is 0. The summed E-state index contributed by atoms with van der Waals surface area (Å²) in [6.07, 6.45) is 2.53. The third kappa shape index (κ3) is 3.18. The Labute approximate surface area is 125 Å². The van der Waals surface area contributed by atoms with Crippen LogP contribution in [0.2, 0.25) is 0 Å². The number of fused-ring (bicyclic) bond motifs is 1. The quantitative estimate of drug-likeness (QED) is 0.909. The van der Waals surface area contributed by atoms with Gasteiger partial charge in [-0.25, -0.2) is 4.39 Å². The van der Waals surface area contributed by atoms with Crippen LogP contribution in [0.5, 0.6) is 5.75 Å². The standard InChI is InChI=1S/C15H21FN2O.ClH/c1-11-9-18(10-12-4-3-7-17-8-12)14-6-2-5-13(16)15(14)19-11;/h2,5-6,11-12,17H,3-4,7-10H2,1H3;1H. The molecule has 0 amide bonds. The first-order valence-corrected chi connectivity index (χ1v) is 7.15. The van der Waals surface area contributed by atoms with Gasteiger partial charge < -0.3 is 15.0 Å². The summed E-state index contributed by atoms with van der Waals surface area (Å²) in [7, 11) is 0. The number of nitrogens with one attached hydrogen (secondary N) is 1. The number of benzene rings is 1. The molecule has 2 unspecified atom stereocenters. The van der Waals surface area contributed by atoms with Crippen molar-refractivity contribution >= 4 is 18.1 Å². The van der Waals surface area contributed by atoms with Crippen molar-refractivity contribution in [3.63, 3.8) is 0 Å². The molecule has 5 heteroatoms. The summed E-state index contributed by atoms with van der Waals surface area (Å²) in [5, 5.41) is 3.44. The maximum atomic E-state index is 13.8. The molecule has 1 saturated heterocycles. The highest BCUT2D eigenvalue weighted by Crippen LogP contribution is 2.36. The fraction of sp³-hybridized carbons (Fsp3) is 0.600. The van der Waals surface area contributed by atoms with Crippen LogP contribution in [-0.2, 0) is 0 Å². The summed E-state index contributed by atoms with van der Waals surface area (Å²) in [6, 6.07) is 5.19. The third-order valence-corrected chi connectivity index (χ3v) is 3.96. The molecule has 3 rings (SSSR count). The van der Waals surface area contributed by atoms with Gasteiger partial charge in [-0.05, 0) is 50.9 Å². The number of hydrogen-bond donors (Lipinski definition) is 1. The second-order valence-electron chi connectivity index (χ2n) is 5.63. The number of halogens is 2. The van der Waals surface area contributed by atoms with E-state index in [4.69, 9.17) is 4.74 Å². The van der Waals surface area contributed by atoms with E-state index in [1.54, 1.807) is 6.07 Å². The molecule has 2 aliphatic rings. The molecular weight excluding hydrogens is 279 g/mol. The average Bonchev–Trinajstić information content (AvgIpc) is 2.41. The highest BCUT2D eigenvalue weighted by atomic mass is 35.5. The number of nitrogens with zero attached hydrogens (tertiary/aromatic N) is 1. The lowest BCUT2D eigenvalue weighted by Crippen LogP contribution is -2.44. The van der Waals surface area contributed by atoms with Crippen LogP contribution >= 0.6 is 12.4 Å². The van der Waals surface area contributed by atoms with Crippen LogP contribution in [0.3, 0.4) is 0 Å². The minimum Gasteiger partial charge on any atom is -0.484 e. The van der Waals surface area contributed by atoms with Crippen LogP contribution in [0.1, 0.15) is 19.8 Å². The van der Waals surface area contributed by atoms with E-state index in [0.29, 0.717) is 11.7 Å². The monoisotopic (exact) mass is 300 g/mol. The minimum atomic E-state index is -0.254. The van der Waals surface area contributed by atoms with Crippen LogP contribution in [0.15, 0.2) is 18.2 Å². The summed E-state index contributed by atoms with van der Waals surface area (Å²) < 4.78 is 19.5. The van der Waals surface area contributed by atoms with Gasteiger partial charge in [0, 0.05) is 6.54 Å². The van der Waals surface area contributed by atoms with E-state index < -0.39 is 0 Å². The largest absolute Gasteiger partial charge is 0.484 e. The van der Waals surface area contributed by atoms with Gasteiger partial charge in [0.1, 0.15) is 6.10 Å². The van der Waals surface area contributed by atoms with Gasteiger partial charge in [0.2, 0.25) is 0 Å². The number of rotatable bonds is 2. The zero-order valence-electron chi connectivity index (χ0n) is 11.8. The Hall–Kier alpha value is -1.000. The second kappa shape index (κ2) is 6.64. The zero-order chi connectivity index (χ0) is 13.2. The zero-order valence-corrected chi connectivity index (χ0v) is 12.6. The molecule has 20 heavy (non-hydrogen) atoms. The van der Waals surface area contributed by atoms with Crippen molar-refractivity contribution in [3.05, 3.63) is 24.0 Å². The van der Waals surface area contributed by atoms with E-state index in [9.17, 15) is 4.39 Å². The molecule has 0 bridgehead atoms. The molecule has 1 aromatic carbocycles. The Morgan fingerprint density at radius 2 is 2.30 bits per heavy atom. The Kier molecular flexibility index (Phi) is 5.11. The van der Waals surface area contributed by atoms with Gasteiger partial charge in [0.05, 0.1) is 12.2 Å². The Bertz CT molecular complexity index is 451. The van der Waals surface area contributed by atoms with Crippen molar-refractivity contribution in [1.29, 1.82) is 0 Å². The van der Waals surface area contributed by atoms with Crippen molar-refractivity contribution in [1.82, 2.24) is 5.32 Å². The summed E-state index contributed by atoms with van der Waals surface area (Å²) >= 11 is 0. The Morgan fingerprint density at radius 1 is 1.45 bits per heavy atom. The fourth-order valence-corrected chi connectivity index (χ4v) is 3.07. The van der Waals surface area contributed by atoms with Crippen molar-refractivity contribution in [3.8, 4) is 5.75 Å². The number of hydrogen-bond acceptors (Lipinski definition) is 3. The first-order chi connectivity index (χ1) is 9.24. The third-order valence-electron chi connectivity index (χ3n) is 3.96. The van der Waals surface area contributed by atoms with E-state index in [-0.39, 0.29) is 24.3 Å². The smallest absolute Gasteiger partial charge is 0.178 e. The Morgan fingerprint density at radius 3 is 3.05 bits per heavy atom. The normalized spacial score (nSPS) is 25.4. The van der Waals surface area contributed by atoms with Crippen LogP contribution in [0.25, 0.3) is 0 Å². The van der Waals surface area contributed by atoms with Gasteiger partial charge in [-0.2, -0.15) is 0 Å². The topological polar surface area (TPSA) is 24.5 Å². The molecule has 0 radical (unpaired) electrons. The lowest BCUT2D eigenvalue weighted by molar-refractivity contribution is 0.199. The van der Waals surface area contributed by atoms with Gasteiger partial charge in [-0.3, -0.25) is 0 Å².